The van der Waals surface area contributed by atoms with Crippen molar-refractivity contribution in [1.82, 2.24) is 10.2 Å². The summed E-state index contributed by atoms with van der Waals surface area (Å²) in [5.74, 6) is 0. The van der Waals surface area contributed by atoms with E-state index >= 15 is 0 Å². The first-order valence-corrected chi connectivity index (χ1v) is 7.13. The summed E-state index contributed by atoms with van der Waals surface area (Å²) < 4.78 is 1.17. The van der Waals surface area contributed by atoms with Gasteiger partial charge in [-0.1, -0.05) is 35.0 Å². The third-order valence-corrected chi connectivity index (χ3v) is 4.35. The van der Waals surface area contributed by atoms with Crippen LogP contribution in [-0.4, -0.2) is 30.1 Å². The Labute approximate surface area is 113 Å². The van der Waals surface area contributed by atoms with E-state index < -0.39 is 0 Å². The average Bonchev–Trinajstić information content (AvgIpc) is 2.32. The van der Waals surface area contributed by atoms with E-state index in [9.17, 15) is 0 Å². The van der Waals surface area contributed by atoms with Crippen LogP contribution >= 0.6 is 15.9 Å². The van der Waals surface area contributed by atoms with Crippen LogP contribution in [0.1, 0.15) is 25.8 Å². The highest BCUT2D eigenvalue weighted by molar-refractivity contribution is 9.10. The molecule has 1 saturated heterocycles. The first-order chi connectivity index (χ1) is 8.14. The van der Waals surface area contributed by atoms with Crippen molar-refractivity contribution in [1.29, 1.82) is 0 Å². The molecule has 0 aromatic heterocycles. The lowest BCUT2D eigenvalue weighted by atomic mass is 9.93. The van der Waals surface area contributed by atoms with E-state index in [1.807, 2.05) is 0 Å². The fourth-order valence-electron chi connectivity index (χ4n) is 2.43. The predicted octanol–water partition coefficient (Wildman–Crippen LogP) is 3.02. The van der Waals surface area contributed by atoms with Crippen molar-refractivity contribution in [3.05, 3.63) is 34.3 Å². The SMILES string of the molecule is CCC1(C)CNCCN1Cc1cccc(Br)c1. The number of benzene rings is 1. The zero-order valence-corrected chi connectivity index (χ0v) is 12.3. The van der Waals surface area contributed by atoms with Gasteiger partial charge in [-0.05, 0) is 31.0 Å². The van der Waals surface area contributed by atoms with Crippen LogP contribution in [-0.2, 0) is 6.54 Å². The molecule has 0 aliphatic carbocycles. The minimum atomic E-state index is 0.292. The topological polar surface area (TPSA) is 15.3 Å². The predicted molar refractivity (Wildman–Crippen MR) is 76.1 cm³/mol. The van der Waals surface area contributed by atoms with E-state index in [1.165, 1.54) is 16.5 Å². The Kier molecular flexibility index (Phi) is 4.23. The van der Waals surface area contributed by atoms with E-state index in [1.54, 1.807) is 0 Å². The van der Waals surface area contributed by atoms with E-state index in [4.69, 9.17) is 0 Å². The maximum Gasteiger partial charge on any atom is 0.0307 e. The van der Waals surface area contributed by atoms with Crippen LogP contribution in [0, 0.1) is 0 Å². The van der Waals surface area contributed by atoms with Crippen LogP contribution in [0.4, 0.5) is 0 Å². The van der Waals surface area contributed by atoms with Crippen LogP contribution in [0.15, 0.2) is 28.7 Å². The zero-order chi connectivity index (χ0) is 12.3. The molecule has 2 rings (SSSR count). The Bertz CT molecular complexity index is 380. The fraction of sp³-hybridized carbons (Fsp3) is 0.571. The first kappa shape index (κ1) is 13.1. The zero-order valence-electron chi connectivity index (χ0n) is 10.7. The largest absolute Gasteiger partial charge is 0.314 e. The number of nitrogens with one attached hydrogen (secondary N) is 1. The Hall–Kier alpha value is -0.380. The van der Waals surface area contributed by atoms with E-state index in [-0.39, 0.29) is 0 Å². The highest BCUT2D eigenvalue weighted by Crippen LogP contribution is 2.24. The third kappa shape index (κ3) is 3.09. The lowest BCUT2D eigenvalue weighted by Crippen LogP contribution is -2.58. The molecule has 0 spiro atoms. The van der Waals surface area contributed by atoms with Gasteiger partial charge in [-0.15, -0.1) is 0 Å². The van der Waals surface area contributed by atoms with Gasteiger partial charge in [-0.3, -0.25) is 4.90 Å². The molecule has 1 fully saturated rings. The standard InChI is InChI=1S/C14H21BrN2/c1-3-14(2)11-16-7-8-17(14)10-12-5-4-6-13(15)9-12/h4-6,9,16H,3,7-8,10-11H2,1-2H3. The normalized spacial score (nSPS) is 26.1. The molecule has 1 N–H and O–H groups in total. The van der Waals surface area contributed by atoms with E-state index in [0.29, 0.717) is 5.54 Å². The molecule has 1 aliphatic rings. The maximum atomic E-state index is 3.54. The Morgan fingerprint density at radius 1 is 1.47 bits per heavy atom. The molecule has 1 heterocycles. The summed E-state index contributed by atoms with van der Waals surface area (Å²) >= 11 is 3.54. The second-order valence-corrected chi connectivity index (χ2v) is 5.99. The van der Waals surface area contributed by atoms with Crippen LogP contribution in [0.5, 0.6) is 0 Å². The molecule has 1 atom stereocenters. The molecule has 0 saturated carbocycles. The van der Waals surface area contributed by atoms with E-state index in [2.05, 4.69) is 64.3 Å². The molecule has 0 amide bonds. The Balaban J connectivity index is 2.11. The van der Waals surface area contributed by atoms with Gasteiger partial charge in [0.2, 0.25) is 0 Å². The van der Waals surface area contributed by atoms with Crippen molar-refractivity contribution < 1.29 is 0 Å². The van der Waals surface area contributed by atoms with Gasteiger partial charge >= 0.3 is 0 Å². The molecule has 1 aromatic carbocycles. The van der Waals surface area contributed by atoms with Crippen molar-refractivity contribution in [2.45, 2.75) is 32.4 Å². The van der Waals surface area contributed by atoms with Gasteiger partial charge in [0.15, 0.2) is 0 Å². The third-order valence-electron chi connectivity index (χ3n) is 3.85. The minimum Gasteiger partial charge on any atom is -0.314 e. The molecule has 3 heteroatoms. The highest BCUT2D eigenvalue weighted by atomic mass is 79.9. The fourth-order valence-corrected chi connectivity index (χ4v) is 2.87. The Morgan fingerprint density at radius 3 is 3.00 bits per heavy atom. The molecule has 94 valence electrons. The molecular formula is C14H21BrN2. The molecule has 0 bridgehead atoms. The van der Waals surface area contributed by atoms with Crippen molar-refractivity contribution in [2.75, 3.05) is 19.6 Å². The molecule has 1 aromatic rings. The summed E-state index contributed by atoms with van der Waals surface area (Å²) in [4.78, 5) is 2.60. The lowest BCUT2D eigenvalue weighted by molar-refractivity contribution is 0.0637. The van der Waals surface area contributed by atoms with Gasteiger partial charge in [0.1, 0.15) is 0 Å². The monoisotopic (exact) mass is 296 g/mol. The van der Waals surface area contributed by atoms with Crippen LogP contribution in [0.3, 0.4) is 0 Å². The van der Waals surface area contributed by atoms with Gasteiger partial charge < -0.3 is 5.32 Å². The van der Waals surface area contributed by atoms with Crippen LogP contribution < -0.4 is 5.32 Å². The van der Waals surface area contributed by atoms with Crippen molar-refractivity contribution >= 4 is 15.9 Å². The summed E-state index contributed by atoms with van der Waals surface area (Å²) in [5.41, 5.74) is 1.68. The molecule has 1 unspecified atom stereocenters. The molecular weight excluding hydrogens is 276 g/mol. The summed E-state index contributed by atoms with van der Waals surface area (Å²) in [6.07, 6.45) is 1.19. The second-order valence-electron chi connectivity index (χ2n) is 5.08. The lowest BCUT2D eigenvalue weighted by Gasteiger charge is -2.45. The van der Waals surface area contributed by atoms with Crippen LogP contribution in [0.25, 0.3) is 0 Å². The van der Waals surface area contributed by atoms with Crippen LogP contribution in [0.2, 0.25) is 0 Å². The number of halogens is 1. The van der Waals surface area contributed by atoms with Gasteiger partial charge in [-0.2, -0.15) is 0 Å². The van der Waals surface area contributed by atoms with E-state index in [0.717, 1.165) is 26.2 Å². The second kappa shape index (κ2) is 5.51. The minimum absolute atomic E-state index is 0.292. The summed E-state index contributed by atoms with van der Waals surface area (Å²) in [6.45, 7) is 9.02. The number of hydrogen-bond acceptors (Lipinski definition) is 2. The number of nitrogens with zero attached hydrogens (tertiary/aromatic N) is 1. The van der Waals surface area contributed by atoms with Crippen molar-refractivity contribution in [3.8, 4) is 0 Å². The average molecular weight is 297 g/mol. The highest BCUT2D eigenvalue weighted by Gasteiger charge is 2.32. The number of rotatable bonds is 3. The molecule has 2 nitrogen and oxygen atoms in total. The van der Waals surface area contributed by atoms with Gasteiger partial charge in [0.25, 0.3) is 0 Å². The summed E-state index contributed by atoms with van der Waals surface area (Å²) in [7, 11) is 0. The Morgan fingerprint density at radius 2 is 2.29 bits per heavy atom. The molecule has 17 heavy (non-hydrogen) atoms. The molecule has 0 radical (unpaired) electrons. The summed E-state index contributed by atoms with van der Waals surface area (Å²) in [6, 6.07) is 8.63. The quantitative estimate of drug-likeness (QED) is 0.922. The number of piperazine rings is 1. The van der Waals surface area contributed by atoms with Gasteiger partial charge in [-0.25, -0.2) is 0 Å². The smallest absolute Gasteiger partial charge is 0.0307 e. The summed E-state index contributed by atoms with van der Waals surface area (Å²) in [5, 5.41) is 3.50. The maximum absolute atomic E-state index is 3.54. The van der Waals surface area contributed by atoms with Gasteiger partial charge in [0.05, 0.1) is 0 Å². The molecule has 1 aliphatic heterocycles. The van der Waals surface area contributed by atoms with Gasteiger partial charge in [0, 0.05) is 36.2 Å². The van der Waals surface area contributed by atoms with Crippen molar-refractivity contribution in [3.63, 3.8) is 0 Å². The first-order valence-electron chi connectivity index (χ1n) is 6.34. The number of hydrogen-bond donors (Lipinski definition) is 1. The van der Waals surface area contributed by atoms with Crippen molar-refractivity contribution in [2.24, 2.45) is 0 Å².